The van der Waals surface area contributed by atoms with E-state index in [4.69, 9.17) is 14.6 Å². The number of carboxylic acids is 1. The number of methoxy groups -OCH3 is 1. The number of carbonyl (C=O) groups is 1. The van der Waals surface area contributed by atoms with Crippen LogP contribution in [0.3, 0.4) is 0 Å². The average molecular weight is 289 g/mol. The number of carboxylic acid groups (broad SMARTS) is 1. The monoisotopic (exact) mass is 289 g/mol. The topological polar surface area (TPSA) is 88.0 Å². The maximum Gasteiger partial charge on any atom is 0.306 e. The molecule has 1 rings (SSSR count). The minimum atomic E-state index is -0.747. The van der Waals surface area contributed by atoms with Gasteiger partial charge in [-0.25, -0.2) is 0 Å². The number of aliphatic carboxylic acids is 1. The van der Waals surface area contributed by atoms with E-state index in [2.05, 4.69) is 5.32 Å². The van der Waals surface area contributed by atoms with Gasteiger partial charge in [-0.2, -0.15) is 0 Å². The van der Waals surface area contributed by atoms with Crippen LogP contribution in [0.1, 0.15) is 32.1 Å². The molecule has 6 nitrogen and oxygen atoms in total. The number of hydrogen-bond acceptors (Lipinski definition) is 5. The van der Waals surface area contributed by atoms with Crippen molar-refractivity contribution in [3.8, 4) is 0 Å². The second-order valence-electron chi connectivity index (χ2n) is 5.47. The molecule has 0 radical (unpaired) electrons. The first-order chi connectivity index (χ1) is 9.57. The molecule has 0 unspecified atom stereocenters. The van der Waals surface area contributed by atoms with E-state index in [0.29, 0.717) is 52.0 Å². The van der Waals surface area contributed by atoms with Gasteiger partial charge in [0.15, 0.2) is 0 Å². The molecule has 0 amide bonds. The molecule has 1 aliphatic rings. The molecule has 0 heterocycles. The van der Waals surface area contributed by atoms with E-state index in [9.17, 15) is 9.90 Å². The molecule has 0 saturated heterocycles. The summed E-state index contributed by atoms with van der Waals surface area (Å²) in [5.41, 5.74) is -0.747. The molecule has 0 aromatic carbocycles. The van der Waals surface area contributed by atoms with Gasteiger partial charge in [0.05, 0.1) is 24.7 Å². The summed E-state index contributed by atoms with van der Waals surface area (Å²) in [4.78, 5) is 10.9. The van der Waals surface area contributed by atoms with E-state index in [0.717, 1.165) is 13.0 Å². The summed E-state index contributed by atoms with van der Waals surface area (Å²) in [7, 11) is 1.64. The predicted molar refractivity (Wildman–Crippen MR) is 74.7 cm³/mol. The van der Waals surface area contributed by atoms with Crippen LogP contribution >= 0.6 is 0 Å². The van der Waals surface area contributed by atoms with Crippen LogP contribution in [0.5, 0.6) is 0 Å². The van der Waals surface area contributed by atoms with Crippen molar-refractivity contribution in [2.75, 3.05) is 40.0 Å². The molecule has 0 atom stereocenters. The SMILES string of the molecule is COCCOCCCNCC1(O)CCC(C(=O)O)CC1. The lowest BCUT2D eigenvalue weighted by molar-refractivity contribution is -0.144. The molecule has 1 fully saturated rings. The molecule has 1 aliphatic carbocycles. The maximum atomic E-state index is 10.9. The van der Waals surface area contributed by atoms with Gasteiger partial charge in [0.1, 0.15) is 0 Å². The molecule has 0 aliphatic heterocycles. The van der Waals surface area contributed by atoms with Gasteiger partial charge in [-0.3, -0.25) is 4.79 Å². The van der Waals surface area contributed by atoms with Gasteiger partial charge in [0.25, 0.3) is 0 Å². The Balaban J connectivity index is 2.03. The molecule has 0 aromatic heterocycles. The highest BCUT2D eigenvalue weighted by molar-refractivity contribution is 5.70. The Hall–Kier alpha value is -0.690. The Kier molecular flexibility index (Phi) is 8.06. The Morgan fingerprint density at radius 3 is 2.60 bits per heavy atom. The van der Waals surface area contributed by atoms with Crippen LogP contribution in [-0.2, 0) is 14.3 Å². The van der Waals surface area contributed by atoms with Crippen molar-refractivity contribution in [2.45, 2.75) is 37.7 Å². The van der Waals surface area contributed by atoms with E-state index in [-0.39, 0.29) is 5.92 Å². The normalized spacial score (nSPS) is 26.6. The first kappa shape index (κ1) is 17.4. The number of ether oxygens (including phenoxy) is 2. The van der Waals surface area contributed by atoms with Gasteiger partial charge in [0.2, 0.25) is 0 Å². The van der Waals surface area contributed by atoms with E-state index >= 15 is 0 Å². The zero-order valence-electron chi connectivity index (χ0n) is 12.3. The fourth-order valence-corrected chi connectivity index (χ4v) is 2.44. The second kappa shape index (κ2) is 9.28. The molecular formula is C14H27NO5. The zero-order valence-corrected chi connectivity index (χ0v) is 12.3. The van der Waals surface area contributed by atoms with E-state index in [1.165, 1.54) is 0 Å². The van der Waals surface area contributed by atoms with Crippen LogP contribution in [0.25, 0.3) is 0 Å². The van der Waals surface area contributed by atoms with Crippen molar-refractivity contribution < 1.29 is 24.5 Å². The van der Waals surface area contributed by atoms with Gasteiger partial charge < -0.3 is 25.0 Å². The third-order valence-corrected chi connectivity index (χ3v) is 3.79. The average Bonchev–Trinajstić information content (AvgIpc) is 2.42. The van der Waals surface area contributed by atoms with E-state index in [1.54, 1.807) is 7.11 Å². The Morgan fingerprint density at radius 2 is 2.00 bits per heavy atom. The van der Waals surface area contributed by atoms with E-state index < -0.39 is 11.6 Å². The summed E-state index contributed by atoms with van der Waals surface area (Å²) in [5, 5.41) is 22.5. The first-order valence-electron chi connectivity index (χ1n) is 7.30. The van der Waals surface area contributed by atoms with Crippen molar-refractivity contribution in [3.63, 3.8) is 0 Å². The van der Waals surface area contributed by atoms with Crippen molar-refractivity contribution >= 4 is 5.97 Å². The van der Waals surface area contributed by atoms with Crippen LogP contribution in [-0.4, -0.2) is 61.8 Å². The standard InChI is InChI=1S/C14H27NO5/c1-19-9-10-20-8-2-7-15-11-14(18)5-3-12(4-6-14)13(16)17/h12,15,18H,2-11H2,1H3,(H,16,17). The highest BCUT2D eigenvalue weighted by Gasteiger charge is 2.35. The molecule has 0 spiro atoms. The summed E-state index contributed by atoms with van der Waals surface area (Å²) < 4.78 is 10.2. The summed E-state index contributed by atoms with van der Waals surface area (Å²) in [6.07, 6.45) is 3.13. The molecule has 118 valence electrons. The van der Waals surface area contributed by atoms with Gasteiger partial charge >= 0.3 is 5.97 Å². The lowest BCUT2D eigenvalue weighted by atomic mass is 9.79. The third kappa shape index (κ3) is 6.65. The lowest BCUT2D eigenvalue weighted by Crippen LogP contribution is -2.44. The molecule has 0 aromatic rings. The van der Waals surface area contributed by atoms with Crippen LogP contribution in [0.15, 0.2) is 0 Å². The Morgan fingerprint density at radius 1 is 1.30 bits per heavy atom. The number of aliphatic hydroxyl groups is 1. The molecule has 3 N–H and O–H groups in total. The van der Waals surface area contributed by atoms with Crippen LogP contribution < -0.4 is 5.32 Å². The molecule has 1 saturated carbocycles. The number of nitrogens with one attached hydrogen (secondary N) is 1. The highest BCUT2D eigenvalue weighted by Crippen LogP contribution is 2.31. The van der Waals surface area contributed by atoms with Gasteiger partial charge in [0, 0.05) is 20.3 Å². The van der Waals surface area contributed by atoms with Crippen LogP contribution in [0.4, 0.5) is 0 Å². The third-order valence-electron chi connectivity index (χ3n) is 3.79. The summed E-state index contributed by atoms with van der Waals surface area (Å²) in [5.74, 6) is -1.03. The molecule has 0 bridgehead atoms. The minimum Gasteiger partial charge on any atom is -0.481 e. The molecule has 20 heavy (non-hydrogen) atoms. The quantitative estimate of drug-likeness (QED) is 0.511. The van der Waals surface area contributed by atoms with Gasteiger partial charge in [-0.15, -0.1) is 0 Å². The maximum absolute atomic E-state index is 10.9. The predicted octanol–water partition coefficient (Wildman–Crippen LogP) is 0.635. The number of rotatable bonds is 10. The fourth-order valence-electron chi connectivity index (χ4n) is 2.44. The van der Waals surface area contributed by atoms with Crippen LogP contribution in [0.2, 0.25) is 0 Å². The van der Waals surface area contributed by atoms with Gasteiger partial charge in [-0.05, 0) is 38.6 Å². The minimum absolute atomic E-state index is 0.288. The van der Waals surface area contributed by atoms with Crippen LogP contribution in [0, 0.1) is 5.92 Å². The van der Waals surface area contributed by atoms with Crippen molar-refractivity contribution in [1.29, 1.82) is 0 Å². The summed E-state index contributed by atoms with van der Waals surface area (Å²) in [6.45, 7) is 3.21. The molecular weight excluding hydrogens is 262 g/mol. The van der Waals surface area contributed by atoms with E-state index in [1.807, 2.05) is 0 Å². The largest absolute Gasteiger partial charge is 0.481 e. The zero-order chi connectivity index (χ0) is 14.8. The molecule has 6 heteroatoms. The fraction of sp³-hybridized carbons (Fsp3) is 0.929. The van der Waals surface area contributed by atoms with Crippen molar-refractivity contribution in [3.05, 3.63) is 0 Å². The second-order valence-corrected chi connectivity index (χ2v) is 5.47. The van der Waals surface area contributed by atoms with Crippen molar-refractivity contribution in [2.24, 2.45) is 5.92 Å². The summed E-state index contributed by atoms with van der Waals surface area (Å²) in [6, 6.07) is 0. The lowest BCUT2D eigenvalue weighted by Gasteiger charge is -2.34. The smallest absolute Gasteiger partial charge is 0.306 e. The van der Waals surface area contributed by atoms with Gasteiger partial charge in [-0.1, -0.05) is 0 Å². The Labute approximate surface area is 120 Å². The van der Waals surface area contributed by atoms with Crippen molar-refractivity contribution in [1.82, 2.24) is 5.32 Å². The summed E-state index contributed by atoms with van der Waals surface area (Å²) >= 11 is 0. The number of hydrogen-bond donors (Lipinski definition) is 3. The first-order valence-corrected chi connectivity index (χ1v) is 7.30. The Bertz CT molecular complexity index is 277. The highest BCUT2D eigenvalue weighted by atomic mass is 16.5.